The fraction of sp³-hybridized carbons (Fsp3) is 0.667. The van der Waals surface area contributed by atoms with E-state index in [-0.39, 0.29) is 23.5 Å². The van der Waals surface area contributed by atoms with Crippen LogP contribution in [0.15, 0.2) is 29.2 Å². The van der Waals surface area contributed by atoms with E-state index < -0.39 is 19.9 Å². The molecule has 0 radical (unpaired) electrons. The normalized spacial score (nSPS) is 21.7. The summed E-state index contributed by atoms with van der Waals surface area (Å²) in [6.07, 6.45) is 4.90. The van der Waals surface area contributed by atoms with Gasteiger partial charge in [-0.05, 0) is 49.8 Å². The lowest BCUT2D eigenvalue weighted by molar-refractivity contribution is -0.133. The number of sulfone groups is 1. The highest BCUT2D eigenvalue weighted by molar-refractivity contribution is 7.91. The molecular weight excluding hydrogens is 424 g/mol. The highest BCUT2D eigenvalue weighted by atomic mass is 32.2. The molecule has 0 bridgehead atoms. The van der Waals surface area contributed by atoms with Gasteiger partial charge in [0.1, 0.15) is 0 Å². The molecule has 1 aromatic carbocycles. The van der Waals surface area contributed by atoms with Gasteiger partial charge in [0.25, 0.3) is 0 Å². The van der Waals surface area contributed by atoms with Gasteiger partial charge in [0, 0.05) is 32.1 Å². The zero-order valence-electron chi connectivity index (χ0n) is 17.6. The van der Waals surface area contributed by atoms with Gasteiger partial charge in [-0.2, -0.15) is 4.31 Å². The topological polar surface area (TPSA) is 91.8 Å². The minimum atomic E-state index is -3.43. The van der Waals surface area contributed by atoms with E-state index in [1.165, 1.54) is 4.31 Å². The fourth-order valence-corrected chi connectivity index (χ4v) is 7.41. The highest BCUT2D eigenvalue weighted by Crippen LogP contribution is 2.22. The number of benzene rings is 1. The number of nitrogens with zero attached hydrogens (tertiary/aromatic N) is 2. The Morgan fingerprint density at radius 1 is 1.17 bits per heavy atom. The van der Waals surface area contributed by atoms with Crippen molar-refractivity contribution in [1.29, 1.82) is 0 Å². The van der Waals surface area contributed by atoms with Crippen LogP contribution in [0.3, 0.4) is 0 Å². The third kappa shape index (κ3) is 5.62. The third-order valence-electron chi connectivity index (χ3n) is 5.98. The molecule has 0 saturated carbocycles. The molecule has 168 valence electrons. The molecular formula is C21H32N2O5S2. The van der Waals surface area contributed by atoms with E-state index in [9.17, 15) is 21.6 Å². The van der Waals surface area contributed by atoms with Crippen LogP contribution < -0.4 is 0 Å². The summed E-state index contributed by atoms with van der Waals surface area (Å²) in [5.41, 5.74) is 0.901. The van der Waals surface area contributed by atoms with Gasteiger partial charge >= 0.3 is 0 Å². The Hall–Kier alpha value is -1.45. The molecule has 2 aliphatic rings. The SMILES string of the molecule is CCCCN(C(=O)CCc1ccc(S(=O)(=O)N2CCCC2)cc1)C1CCS(=O)(=O)C1. The number of sulfonamides is 1. The van der Waals surface area contributed by atoms with E-state index in [0.29, 0.717) is 43.8 Å². The number of hydrogen-bond donors (Lipinski definition) is 0. The number of rotatable bonds is 9. The monoisotopic (exact) mass is 456 g/mol. The lowest BCUT2D eigenvalue weighted by atomic mass is 10.1. The summed E-state index contributed by atoms with van der Waals surface area (Å²) in [7, 11) is -6.48. The molecule has 7 nitrogen and oxygen atoms in total. The van der Waals surface area contributed by atoms with E-state index in [4.69, 9.17) is 0 Å². The summed E-state index contributed by atoms with van der Waals surface area (Å²) in [5.74, 6) is 0.186. The quantitative estimate of drug-likeness (QED) is 0.568. The first-order valence-electron chi connectivity index (χ1n) is 10.8. The first-order valence-corrected chi connectivity index (χ1v) is 14.1. The van der Waals surface area contributed by atoms with Crippen molar-refractivity contribution in [3.05, 3.63) is 29.8 Å². The molecule has 2 aliphatic heterocycles. The molecule has 2 heterocycles. The Bertz CT molecular complexity index is 936. The van der Waals surface area contributed by atoms with Crippen LogP contribution in [-0.2, 0) is 31.1 Å². The van der Waals surface area contributed by atoms with E-state index in [1.54, 1.807) is 29.2 Å². The second-order valence-electron chi connectivity index (χ2n) is 8.25. The molecule has 3 rings (SSSR count). The summed E-state index contributed by atoms with van der Waals surface area (Å²) < 4.78 is 50.4. The molecule has 30 heavy (non-hydrogen) atoms. The molecule has 0 spiro atoms. The number of aryl methyl sites for hydroxylation is 1. The minimum Gasteiger partial charge on any atom is -0.339 e. The van der Waals surface area contributed by atoms with E-state index in [1.807, 2.05) is 6.92 Å². The summed E-state index contributed by atoms with van der Waals surface area (Å²) in [6.45, 7) is 3.78. The Labute approximate surface area is 180 Å². The third-order valence-corrected chi connectivity index (χ3v) is 9.64. The molecule has 2 fully saturated rings. The molecule has 0 aliphatic carbocycles. The zero-order valence-corrected chi connectivity index (χ0v) is 19.3. The van der Waals surface area contributed by atoms with Crippen LogP contribution in [0, 0.1) is 0 Å². The van der Waals surface area contributed by atoms with Crippen LogP contribution in [-0.4, -0.2) is 69.1 Å². The van der Waals surface area contributed by atoms with Gasteiger partial charge in [0.05, 0.1) is 16.4 Å². The summed E-state index contributed by atoms with van der Waals surface area (Å²) in [5, 5.41) is 0. The van der Waals surface area contributed by atoms with Gasteiger partial charge in [-0.15, -0.1) is 0 Å². The standard InChI is InChI=1S/C21H32N2O5S2/c1-2-3-15-23(19-12-16-29(25,26)17-19)21(24)11-8-18-6-9-20(10-7-18)30(27,28)22-13-4-5-14-22/h6-7,9-10,19H,2-5,8,11-17H2,1H3. The Morgan fingerprint density at radius 2 is 1.83 bits per heavy atom. The smallest absolute Gasteiger partial charge is 0.243 e. The first kappa shape index (κ1) is 23.2. The lowest BCUT2D eigenvalue weighted by Gasteiger charge is -2.28. The molecule has 1 atom stereocenters. The molecule has 1 unspecified atom stereocenters. The Morgan fingerprint density at radius 3 is 2.40 bits per heavy atom. The van der Waals surface area contributed by atoms with Gasteiger partial charge in [-0.25, -0.2) is 16.8 Å². The van der Waals surface area contributed by atoms with Gasteiger partial charge in [-0.1, -0.05) is 25.5 Å². The minimum absolute atomic E-state index is 0.0284. The highest BCUT2D eigenvalue weighted by Gasteiger charge is 2.34. The van der Waals surface area contributed by atoms with Crippen LogP contribution in [0.1, 0.15) is 51.0 Å². The van der Waals surface area contributed by atoms with Gasteiger partial charge < -0.3 is 4.90 Å². The zero-order chi connectivity index (χ0) is 21.8. The van der Waals surface area contributed by atoms with Crippen molar-refractivity contribution in [2.24, 2.45) is 0 Å². The van der Waals surface area contributed by atoms with Gasteiger partial charge in [-0.3, -0.25) is 4.79 Å². The second kappa shape index (κ2) is 9.78. The molecule has 0 N–H and O–H groups in total. The number of carbonyl (C=O) groups is 1. The van der Waals surface area contributed by atoms with Crippen LogP contribution in [0.4, 0.5) is 0 Å². The number of hydrogen-bond acceptors (Lipinski definition) is 5. The maximum absolute atomic E-state index is 12.8. The van der Waals surface area contributed by atoms with Crippen LogP contribution in [0.5, 0.6) is 0 Å². The first-order chi connectivity index (χ1) is 14.2. The largest absolute Gasteiger partial charge is 0.339 e. The maximum atomic E-state index is 12.8. The molecule has 1 aromatic rings. The van der Waals surface area contributed by atoms with Crippen LogP contribution in [0.25, 0.3) is 0 Å². The number of carbonyl (C=O) groups excluding carboxylic acids is 1. The van der Waals surface area contributed by atoms with Crippen LogP contribution in [0.2, 0.25) is 0 Å². The van der Waals surface area contributed by atoms with Crippen molar-refractivity contribution in [3.8, 4) is 0 Å². The van der Waals surface area contributed by atoms with E-state index in [2.05, 4.69) is 0 Å². The predicted molar refractivity (Wildman–Crippen MR) is 116 cm³/mol. The van der Waals surface area contributed by atoms with Crippen molar-refractivity contribution in [2.75, 3.05) is 31.1 Å². The summed E-state index contributed by atoms with van der Waals surface area (Å²) in [4.78, 5) is 14.9. The number of amides is 1. The number of unbranched alkanes of at least 4 members (excludes halogenated alkanes) is 1. The second-order valence-corrected chi connectivity index (χ2v) is 12.4. The Kier molecular flexibility index (Phi) is 7.57. The van der Waals surface area contributed by atoms with Gasteiger partial charge in [0.15, 0.2) is 9.84 Å². The predicted octanol–water partition coefficient (Wildman–Crippen LogP) is 2.22. The Balaban J connectivity index is 1.61. The van der Waals surface area contributed by atoms with E-state index >= 15 is 0 Å². The van der Waals surface area contributed by atoms with Gasteiger partial charge in [0.2, 0.25) is 15.9 Å². The summed E-state index contributed by atoms with van der Waals surface area (Å²) >= 11 is 0. The molecule has 9 heteroatoms. The van der Waals surface area contributed by atoms with Crippen LogP contribution >= 0.6 is 0 Å². The van der Waals surface area contributed by atoms with Crippen molar-refractivity contribution >= 4 is 25.8 Å². The van der Waals surface area contributed by atoms with Crippen molar-refractivity contribution in [3.63, 3.8) is 0 Å². The summed E-state index contributed by atoms with van der Waals surface area (Å²) in [6, 6.07) is 6.55. The van der Waals surface area contributed by atoms with Crippen molar-refractivity contribution < 1.29 is 21.6 Å². The average Bonchev–Trinajstić information content (AvgIpc) is 3.37. The lowest BCUT2D eigenvalue weighted by Crippen LogP contribution is -2.41. The van der Waals surface area contributed by atoms with E-state index in [0.717, 1.165) is 31.2 Å². The van der Waals surface area contributed by atoms with Crippen molar-refractivity contribution in [2.45, 2.75) is 62.8 Å². The average molecular weight is 457 g/mol. The van der Waals surface area contributed by atoms with Crippen molar-refractivity contribution in [1.82, 2.24) is 9.21 Å². The fourth-order valence-electron chi connectivity index (χ4n) is 4.16. The maximum Gasteiger partial charge on any atom is 0.243 e. The molecule has 2 saturated heterocycles. The molecule has 0 aromatic heterocycles. The molecule has 1 amide bonds.